The summed E-state index contributed by atoms with van der Waals surface area (Å²) in [6.45, 7) is 21.4. The van der Waals surface area contributed by atoms with E-state index in [-0.39, 0.29) is 0 Å². The van der Waals surface area contributed by atoms with E-state index >= 15 is 0 Å². The Morgan fingerprint density at radius 1 is 1.11 bits per heavy atom. The van der Waals surface area contributed by atoms with E-state index < -0.39 is 8.07 Å². The first-order valence-electron chi connectivity index (χ1n) is 7.65. The van der Waals surface area contributed by atoms with Gasteiger partial charge in [-0.1, -0.05) is 61.4 Å². The van der Waals surface area contributed by atoms with Gasteiger partial charge in [-0.2, -0.15) is 0 Å². The molecule has 1 aliphatic rings. The van der Waals surface area contributed by atoms with Gasteiger partial charge >= 0.3 is 0 Å². The normalized spacial score (nSPS) is 25.0. The summed E-state index contributed by atoms with van der Waals surface area (Å²) in [5.74, 6) is 0.752. The fourth-order valence-corrected chi connectivity index (χ4v) is 12.7. The van der Waals surface area contributed by atoms with Gasteiger partial charge in [0.15, 0.2) is 0 Å². The Labute approximate surface area is 116 Å². The molecule has 1 aliphatic heterocycles. The Morgan fingerprint density at radius 3 is 1.94 bits per heavy atom. The Morgan fingerprint density at radius 2 is 1.61 bits per heavy atom. The van der Waals surface area contributed by atoms with Gasteiger partial charge < -0.3 is 4.74 Å². The molecule has 0 aliphatic carbocycles. The molecule has 1 heterocycles. The quantitative estimate of drug-likeness (QED) is 0.474. The van der Waals surface area contributed by atoms with Crippen LogP contribution in [0.25, 0.3) is 0 Å². The molecular weight excluding hydrogens is 236 g/mol. The Bertz CT molecular complexity index is 258. The highest BCUT2D eigenvalue weighted by Crippen LogP contribution is 2.73. The van der Waals surface area contributed by atoms with E-state index in [1.54, 1.807) is 0 Å². The van der Waals surface area contributed by atoms with Crippen LogP contribution in [0.5, 0.6) is 0 Å². The fraction of sp³-hybridized carbons (Fsp3) is 1.00. The minimum absolute atomic E-state index is 0.523. The molecule has 1 saturated heterocycles. The van der Waals surface area contributed by atoms with Crippen molar-refractivity contribution in [1.82, 2.24) is 0 Å². The van der Waals surface area contributed by atoms with E-state index in [0.717, 1.165) is 31.1 Å². The second-order valence-corrected chi connectivity index (χ2v) is 14.4. The maximum atomic E-state index is 5.79. The molecule has 108 valence electrons. The van der Waals surface area contributed by atoms with Crippen LogP contribution in [-0.4, -0.2) is 21.3 Å². The average Bonchev–Trinajstić information content (AvgIpc) is 2.91. The lowest BCUT2D eigenvalue weighted by Crippen LogP contribution is -2.40. The summed E-state index contributed by atoms with van der Waals surface area (Å²) in [4.78, 5) is 0. The highest BCUT2D eigenvalue weighted by Gasteiger charge is 2.69. The summed E-state index contributed by atoms with van der Waals surface area (Å²) in [5, 5.41) is 1.05. The number of hydrogen-bond donors (Lipinski definition) is 0. The predicted octanol–water partition coefficient (Wildman–Crippen LogP) is 5.48. The SMILES string of the molecule is CCCOCC(C)C1C[Si]1(C(C)(C)C)C(C)(C)C. The van der Waals surface area contributed by atoms with E-state index in [1.807, 2.05) is 0 Å². The lowest BCUT2D eigenvalue weighted by atomic mass is 10.1. The van der Waals surface area contributed by atoms with Gasteiger partial charge in [0.25, 0.3) is 0 Å². The van der Waals surface area contributed by atoms with E-state index in [1.165, 1.54) is 6.04 Å². The zero-order chi connectivity index (χ0) is 14.2. The van der Waals surface area contributed by atoms with Gasteiger partial charge in [-0.15, -0.1) is 0 Å². The Kier molecular flexibility index (Phi) is 4.76. The average molecular weight is 271 g/mol. The summed E-state index contributed by atoms with van der Waals surface area (Å²) in [6.07, 6.45) is 1.14. The molecule has 0 aromatic rings. The maximum absolute atomic E-state index is 5.79. The molecule has 0 aromatic heterocycles. The molecule has 1 nitrogen and oxygen atoms in total. The van der Waals surface area contributed by atoms with Gasteiger partial charge in [0.05, 0.1) is 8.07 Å². The zero-order valence-corrected chi connectivity index (χ0v) is 14.9. The second-order valence-electron chi connectivity index (χ2n) is 8.33. The van der Waals surface area contributed by atoms with E-state index in [2.05, 4.69) is 55.4 Å². The van der Waals surface area contributed by atoms with Gasteiger partial charge in [-0.3, -0.25) is 0 Å². The topological polar surface area (TPSA) is 9.23 Å². The monoisotopic (exact) mass is 270 g/mol. The van der Waals surface area contributed by atoms with Gasteiger partial charge in [0.1, 0.15) is 0 Å². The van der Waals surface area contributed by atoms with Gasteiger partial charge in [0.2, 0.25) is 0 Å². The van der Waals surface area contributed by atoms with Gasteiger partial charge in [-0.25, -0.2) is 0 Å². The highest BCUT2D eigenvalue weighted by molar-refractivity contribution is 6.95. The number of ether oxygens (including phenoxy) is 1. The molecule has 0 bridgehead atoms. The molecule has 2 unspecified atom stereocenters. The van der Waals surface area contributed by atoms with Crippen LogP contribution in [-0.2, 0) is 4.74 Å². The third-order valence-electron chi connectivity index (χ3n) is 5.11. The maximum Gasteiger partial charge on any atom is 0.0675 e. The van der Waals surface area contributed by atoms with Crippen LogP contribution in [0.4, 0.5) is 0 Å². The first kappa shape index (κ1) is 16.2. The zero-order valence-electron chi connectivity index (χ0n) is 13.9. The van der Waals surface area contributed by atoms with Crippen molar-refractivity contribution >= 4 is 8.07 Å². The molecule has 0 radical (unpaired) electrons. The van der Waals surface area contributed by atoms with Crippen molar-refractivity contribution in [2.75, 3.05) is 13.2 Å². The van der Waals surface area contributed by atoms with Crippen LogP contribution in [0.15, 0.2) is 0 Å². The summed E-state index contributed by atoms with van der Waals surface area (Å²) < 4.78 is 5.79. The highest BCUT2D eigenvalue weighted by atomic mass is 28.3. The van der Waals surface area contributed by atoms with Crippen molar-refractivity contribution in [3.05, 3.63) is 0 Å². The Balaban J connectivity index is 2.71. The van der Waals surface area contributed by atoms with Gasteiger partial charge in [-0.05, 0) is 28.0 Å². The third kappa shape index (κ3) is 2.85. The van der Waals surface area contributed by atoms with Crippen LogP contribution >= 0.6 is 0 Å². The summed E-state index contributed by atoms with van der Waals surface area (Å²) >= 11 is 0. The van der Waals surface area contributed by atoms with Crippen molar-refractivity contribution in [2.24, 2.45) is 5.92 Å². The van der Waals surface area contributed by atoms with E-state index in [0.29, 0.717) is 10.1 Å². The molecule has 0 amide bonds. The van der Waals surface area contributed by atoms with E-state index in [9.17, 15) is 0 Å². The van der Waals surface area contributed by atoms with Crippen molar-refractivity contribution in [2.45, 2.75) is 83.5 Å². The molecule has 1 rings (SSSR count). The first-order valence-corrected chi connectivity index (χ1v) is 9.94. The smallest absolute Gasteiger partial charge is 0.0675 e. The predicted molar refractivity (Wildman–Crippen MR) is 84.0 cm³/mol. The second kappa shape index (κ2) is 5.28. The summed E-state index contributed by atoms with van der Waals surface area (Å²) in [7, 11) is -1.19. The van der Waals surface area contributed by atoms with Crippen LogP contribution in [0.1, 0.15) is 61.8 Å². The molecule has 2 atom stereocenters. The van der Waals surface area contributed by atoms with E-state index in [4.69, 9.17) is 4.74 Å². The summed E-state index contributed by atoms with van der Waals surface area (Å²) in [5.41, 5.74) is 0.967. The van der Waals surface area contributed by atoms with Crippen molar-refractivity contribution < 1.29 is 4.74 Å². The molecule has 1 fully saturated rings. The summed E-state index contributed by atoms with van der Waals surface area (Å²) in [6, 6.07) is 1.51. The minimum atomic E-state index is -1.19. The van der Waals surface area contributed by atoms with Crippen LogP contribution in [0.2, 0.25) is 21.7 Å². The Hall–Kier alpha value is 0.177. The molecule has 0 aromatic carbocycles. The third-order valence-corrected chi connectivity index (χ3v) is 13.1. The lowest BCUT2D eigenvalue weighted by Gasteiger charge is -2.42. The molecule has 0 saturated carbocycles. The minimum Gasteiger partial charge on any atom is -0.381 e. The molecule has 0 N–H and O–H groups in total. The number of hydrogen-bond acceptors (Lipinski definition) is 1. The molecular formula is C16H34OSi. The van der Waals surface area contributed by atoms with Crippen molar-refractivity contribution in [1.29, 1.82) is 0 Å². The largest absolute Gasteiger partial charge is 0.381 e. The van der Waals surface area contributed by atoms with Crippen molar-refractivity contribution in [3.63, 3.8) is 0 Å². The number of rotatable bonds is 5. The molecule has 18 heavy (non-hydrogen) atoms. The standard InChI is InChI=1S/C16H34OSi/c1-9-10-17-11-13(2)14-12-18(14,15(3,4)5)16(6,7)8/h13-14H,9-12H2,1-8H3. The molecule has 2 heteroatoms. The van der Waals surface area contributed by atoms with Crippen LogP contribution in [0.3, 0.4) is 0 Å². The van der Waals surface area contributed by atoms with Crippen LogP contribution in [0, 0.1) is 5.92 Å². The van der Waals surface area contributed by atoms with Gasteiger partial charge in [0, 0.05) is 13.2 Å². The fourth-order valence-electron chi connectivity index (χ4n) is 4.35. The first-order chi connectivity index (χ1) is 8.08. The lowest BCUT2D eigenvalue weighted by molar-refractivity contribution is 0.106. The molecule has 0 spiro atoms. The van der Waals surface area contributed by atoms with Crippen LogP contribution < -0.4 is 0 Å². The van der Waals surface area contributed by atoms with Crippen molar-refractivity contribution in [3.8, 4) is 0 Å².